The van der Waals surface area contributed by atoms with Crippen molar-refractivity contribution in [1.29, 1.82) is 0 Å². The van der Waals surface area contributed by atoms with Gasteiger partial charge in [0.25, 0.3) is 0 Å². The van der Waals surface area contributed by atoms with Crippen molar-refractivity contribution in [2.45, 2.75) is 38.4 Å². The smallest absolute Gasteiger partial charge is 0.224 e. The maximum Gasteiger partial charge on any atom is 0.224 e. The summed E-state index contributed by atoms with van der Waals surface area (Å²) in [7, 11) is 1.65. The topological polar surface area (TPSA) is 50.4 Å². The van der Waals surface area contributed by atoms with Crippen LogP contribution in [0, 0.1) is 0 Å². The van der Waals surface area contributed by atoms with Gasteiger partial charge in [-0.15, -0.1) is 0 Å². The van der Waals surface area contributed by atoms with Gasteiger partial charge in [-0.05, 0) is 37.5 Å². The van der Waals surface area contributed by atoms with Gasteiger partial charge in [0.2, 0.25) is 5.91 Å². The Kier molecular flexibility index (Phi) is 4.80. The Hall–Kier alpha value is -1.55. The van der Waals surface area contributed by atoms with Gasteiger partial charge < -0.3 is 15.4 Å². The second kappa shape index (κ2) is 6.57. The first-order valence-electron chi connectivity index (χ1n) is 6.86. The lowest BCUT2D eigenvalue weighted by Gasteiger charge is -2.13. The van der Waals surface area contributed by atoms with E-state index in [0.717, 1.165) is 30.6 Å². The van der Waals surface area contributed by atoms with E-state index in [1.165, 1.54) is 0 Å². The van der Waals surface area contributed by atoms with Crippen LogP contribution in [0.15, 0.2) is 24.3 Å². The van der Waals surface area contributed by atoms with Gasteiger partial charge >= 0.3 is 0 Å². The predicted octanol–water partition coefficient (Wildman–Crippen LogP) is 1.95. The van der Waals surface area contributed by atoms with Gasteiger partial charge in [-0.25, -0.2) is 0 Å². The van der Waals surface area contributed by atoms with Crippen molar-refractivity contribution in [3.05, 3.63) is 29.8 Å². The van der Waals surface area contributed by atoms with E-state index in [4.69, 9.17) is 4.74 Å². The summed E-state index contributed by atoms with van der Waals surface area (Å²) < 4.78 is 5.76. The molecule has 0 spiro atoms. The minimum absolute atomic E-state index is 0.0362. The Bertz CT molecular complexity index is 417. The average Bonchev–Trinajstić information content (AvgIpc) is 2.83. The first-order chi connectivity index (χ1) is 9.17. The zero-order chi connectivity index (χ0) is 13.7. The molecule has 0 aliphatic carbocycles. The van der Waals surface area contributed by atoms with E-state index in [1.54, 1.807) is 7.05 Å². The normalized spacial score (nSPS) is 22.2. The number of ether oxygens (including phenoxy) is 1. The maximum absolute atomic E-state index is 11.3. The van der Waals surface area contributed by atoms with Crippen molar-refractivity contribution in [2.24, 2.45) is 0 Å². The number of amides is 1. The zero-order valence-electron chi connectivity index (χ0n) is 11.6. The Morgan fingerprint density at radius 1 is 1.32 bits per heavy atom. The summed E-state index contributed by atoms with van der Waals surface area (Å²) in [6, 6.07) is 7.98. The van der Waals surface area contributed by atoms with Crippen LogP contribution in [0.4, 0.5) is 5.69 Å². The summed E-state index contributed by atoms with van der Waals surface area (Å²) in [5, 5.41) is 6.00. The molecule has 1 amide bonds. The van der Waals surface area contributed by atoms with Crippen LogP contribution in [0.25, 0.3) is 0 Å². The van der Waals surface area contributed by atoms with Crippen molar-refractivity contribution in [1.82, 2.24) is 5.32 Å². The predicted molar refractivity (Wildman–Crippen MR) is 76.3 cm³/mol. The van der Waals surface area contributed by atoms with E-state index in [-0.39, 0.29) is 5.91 Å². The molecule has 0 radical (unpaired) electrons. The molecule has 1 aliphatic heterocycles. The molecule has 19 heavy (non-hydrogen) atoms. The molecule has 2 atom stereocenters. The first kappa shape index (κ1) is 13.9. The quantitative estimate of drug-likeness (QED) is 0.853. The fraction of sp³-hybridized carbons (Fsp3) is 0.533. The summed E-state index contributed by atoms with van der Waals surface area (Å²) in [5.74, 6) is 0.0362. The molecule has 1 heterocycles. The second-order valence-corrected chi connectivity index (χ2v) is 5.07. The molecular weight excluding hydrogens is 240 g/mol. The molecule has 2 unspecified atom stereocenters. The van der Waals surface area contributed by atoms with Crippen LogP contribution in [0.1, 0.15) is 25.3 Å². The molecule has 0 aromatic heterocycles. The zero-order valence-corrected chi connectivity index (χ0v) is 11.6. The van der Waals surface area contributed by atoms with Crippen molar-refractivity contribution in [3.8, 4) is 0 Å². The van der Waals surface area contributed by atoms with Gasteiger partial charge in [-0.1, -0.05) is 12.1 Å². The van der Waals surface area contributed by atoms with E-state index < -0.39 is 0 Å². The minimum Gasteiger partial charge on any atom is -0.382 e. The third-order valence-electron chi connectivity index (χ3n) is 3.45. The molecule has 2 N–H and O–H groups in total. The average molecular weight is 262 g/mol. The molecule has 1 aliphatic rings. The molecule has 0 bridgehead atoms. The largest absolute Gasteiger partial charge is 0.382 e. The highest BCUT2D eigenvalue weighted by atomic mass is 16.5. The number of nitrogens with one attached hydrogen (secondary N) is 2. The first-order valence-corrected chi connectivity index (χ1v) is 6.86. The fourth-order valence-corrected chi connectivity index (χ4v) is 2.28. The highest BCUT2D eigenvalue weighted by Crippen LogP contribution is 2.19. The molecule has 1 aromatic rings. The number of carbonyl (C=O) groups excluding carboxylic acids is 1. The highest BCUT2D eigenvalue weighted by molar-refractivity contribution is 5.78. The van der Waals surface area contributed by atoms with Crippen LogP contribution in [-0.4, -0.2) is 31.7 Å². The molecule has 4 nitrogen and oxygen atoms in total. The minimum atomic E-state index is 0.0362. The van der Waals surface area contributed by atoms with Crippen LogP contribution in [0.2, 0.25) is 0 Å². The van der Waals surface area contributed by atoms with E-state index >= 15 is 0 Å². The van der Waals surface area contributed by atoms with E-state index in [1.807, 2.05) is 24.3 Å². The van der Waals surface area contributed by atoms with Crippen molar-refractivity contribution < 1.29 is 9.53 Å². The Labute approximate surface area is 114 Å². The monoisotopic (exact) mass is 262 g/mol. The Morgan fingerprint density at radius 3 is 2.63 bits per heavy atom. The number of likely N-dealkylation sites (N-methyl/N-ethyl adjacent to an activating group) is 1. The number of hydrogen-bond donors (Lipinski definition) is 2. The third-order valence-corrected chi connectivity index (χ3v) is 3.45. The van der Waals surface area contributed by atoms with Gasteiger partial charge in [0.1, 0.15) is 0 Å². The van der Waals surface area contributed by atoms with E-state index in [2.05, 4.69) is 17.6 Å². The maximum atomic E-state index is 11.3. The summed E-state index contributed by atoms with van der Waals surface area (Å²) >= 11 is 0. The lowest BCUT2D eigenvalue weighted by Crippen LogP contribution is -2.20. The summed E-state index contributed by atoms with van der Waals surface area (Å²) in [6.07, 6.45) is 3.42. The standard InChI is InChI=1S/C15H22N2O2/c1-11-3-8-14(19-11)10-17-13-6-4-12(5-7-13)9-15(18)16-2/h4-7,11,14,17H,3,8-10H2,1-2H3,(H,16,18). The molecule has 0 saturated carbocycles. The number of hydrogen-bond acceptors (Lipinski definition) is 3. The number of carbonyl (C=O) groups is 1. The molecule has 104 valence electrons. The van der Waals surface area contributed by atoms with Gasteiger partial charge in [-0.2, -0.15) is 0 Å². The number of anilines is 1. The number of benzene rings is 1. The highest BCUT2D eigenvalue weighted by Gasteiger charge is 2.21. The van der Waals surface area contributed by atoms with Crippen LogP contribution in [0.3, 0.4) is 0 Å². The lowest BCUT2D eigenvalue weighted by molar-refractivity contribution is -0.119. The third kappa shape index (κ3) is 4.24. The van der Waals surface area contributed by atoms with Gasteiger partial charge in [0, 0.05) is 19.3 Å². The van der Waals surface area contributed by atoms with E-state index in [9.17, 15) is 4.79 Å². The summed E-state index contributed by atoms with van der Waals surface area (Å²) in [6.45, 7) is 2.96. The van der Waals surface area contributed by atoms with Crippen LogP contribution >= 0.6 is 0 Å². The Morgan fingerprint density at radius 2 is 2.05 bits per heavy atom. The van der Waals surface area contributed by atoms with E-state index in [0.29, 0.717) is 18.6 Å². The van der Waals surface area contributed by atoms with Crippen LogP contribution in [0.5, 0.6) is 0 Å². The summed E-state index contributed by atoms with van der Waals surface area (Å²) in [5.41, 5.74) is 2.10. The Balaban J connectivity index is 1.80. The lowest BCUT2D eigenvalue weighted by atomic mass is 10.1. The van der Waals surface area contributed by atoms with Crippen LogP contribution in [-0.2, 0) is 16.0 Å². The van der Waals surface area contributed by atoms with Crippen LogP contribution < -0.4 is 10.6 Å². The number of rotatable bonds is 5. The molecule has 1 saturated heterocycles. The molecule has 1 aromatic carbocycles. The van der Waals surface area contributed by atoms with Crippen molar-refractivity contribution in [3.63, 3.8) is 0 Å². The fourth-order valence-electron chi connectivity index (χ4n) is 2.28. The molecule has 2 rings (SSSR count). The van der Waals surface area contributed by atoms with Gasteiger partial charge in [0.05, 0.1) is 18.6 Å². The van der Waals surface area contributed by atoms with Crippen molar-refractivity contribution in [2.75, 3.05) is 18.9 Å². The summed E-state index contributed by atoms with van der Waals surface area (Å²) in [4.78, 5) is 11.3. The van der Waals surface area contributed by atoms with Gasteiger partial charge in [-0.3, -0.25) is 4.79 Å². The van der Waals surface area contributed by atoms with Crippen molar-refractivity contribution >= 4 is 11.6 Å². The molecule has 1 fully saturated rings. The van der Waals surface area contributed by atoms with Gasteiger partial charge in [0.15, 0.2) is 0 Å². The molecular formula is C15H22N2O2. The second-order valence-electron chi connectivity index (χ2n) is 5.07. The molecule has 4 heteroatoms. The SMILES string of the molecule is CNC(=O)Cc1ccc(NCC2CCC(C)O2)cc1.